The second kappa shape index (κ2) is 9.60. The van der Waals surface area contributed by atoms with Crippen LogP contribution in [0.1, 0.15) is 48.0 Å². The zero-order valence-corrected chi connectivity index (χ0v) is 14.2. The predicted octanol–water partition coefficient (Wildman–Crippen LogP) is 1.65. The number of carbonyl (C=O) groups excluding carboxylic acids is 2. The first kappa shape index (κ1) is 19.7. The number of alkyl carbamates (subject to hydrolysis) is 1. The molecule has 0 spiro atoms. The molecule has 0 rings (SSSR count). The molecule has 0 radical (unpaired) electrons. The average molecular weight is 301 g/mol. The Bertz CT molecular complexity index is 325. The second-order valence-electron chi connectivity index (χ2n) is 6.60. The van der Waals surface area contributed by atoms with Gasteiger partial charge in [-0.2, -0.15) is 0 Å². The molecule has 1 atom stereocenters. The summed E-state index contributed by atoms with van der Waals surface area (Å²) in [5.74, 6) is 0.447. The molecule has 6 nitrogen and oxygen atoms in total. The van der Waals surface area contributed by atoms with Gasteiger partial charge in [0, 0.05) is 13.1 Å². The largest absolute Gasteiger partial charge is 0.444 e. The topological polar surface area (TPSA) is 79.5 Å². The molecule has 0 aliphatic rings. The van der Waals surface area contributed by atoms with Crippen LogP contribution in [0.25, 0.3) is 0 Å². The molecule has 0 aromatic rings. The lowest BCUT2D eigenvalue weighted by atomic mass is 10.2. The Kier molecular flexibility index (Phi) is 9.01. The summed E-state index contributed by atoms with van der Waals surface area (Å²) in [6, 6.07) is -0.231. The zero-order valence-electron chi connectivity index (χ0n) is 14.2. The molecular formula is C15H31N3O3. The Hall–Kier alpha value is -1.30. The smallest absolute Gasteiger partial charge is 0.407 e. The minimum Gasteiger partial charge on any atom is -0.444 e. The van der Waals surface area contributed by atoms with Crippen molar-refractivity contribution in [3.05, 3.63) is 0 Å². The molecule has 0 fully saturated rings. The summed E-state index contributed by atoms with van der Waals surface area (Å²) >= 11 is 0. The fraction of sp³-hybridized carbons (Fsp3) is 0.867. The van der Waals surface area contributed by atoms with Crippen molar-refractivity contribution < 1.29 is 14.3 Å². The predicted molar refractivity (Wildman–Crippen MR) is 84.2 cm³/mol. The zero-order chi connectivity index (χ0) is 16.5. The van der Waals surface area contributed by atoms with E-state index < -0.39 is 11.7 Å². The first-order valence-electron chi connectivity index (χ1n) is 7.59. The highest BCUT2D eigenvalue weighted by atomic mass is 16.6. The van der Waals surface area contributed by atoms with Gasteiger partial charge in [0.2, 0.25) is 5.91 Å². The number of ether oxygens (including phenoxy) is 1. The first-order chi connectivity index (χ1) is 9.61. The van der Waals surface area contributed by atoms with E-state index in [4.69, 9.17) is 4.74 Å². The van der Waals surface area contributed by atoms with Crippen molar-refractivity contribution in [3.63, 3.8) is 0 Å². The minimum absolute atomic E-state index is 0.00352. The van der Waals surface area contributed by atoms with Crippen LogP contribution >= 0.6 is 0 Å². The third-order valence-electron chi connectivity index (χ3n) is 2.55. The van der Waals surface area contributed by atoms with Crippen molar-refractivity contribution in [2.45, 2.75) is 59.6 Å². The number of hydrogen-bond acceptors (Lipinski definition) is 4. The van der Waals surface area contributed by atoms with Gasteiger partial charge in [-0.05, 0) is 46.6 Å². The van der Waals surface area contributed by atoms with Crippen LogP contribution in [0.4, 0.5) is 4.79 Å². The number of rotatable bonds is 8. The fourth-order valence-corrected chi connectivity index (χ4v) is 1.46. The maximum atomic E-state index is 11.7. The lowest BCUT2D eigenvalue weighted by molar-refractivity contribution is -0.122. The van der Waals surface area contributed by atoms with Crippen LogP contribution in [0.15, 0.2) is 0 Å². The van der Waals surface area contributed by atoms with E-state index in [1.807, 2.05) is 27.7 Å². The van der Waals surface area contributed by atoms with Crippen LogP contribution in [-0.4, -0.2) is 43.3 Å². The van der Waals surface area contributed by atoms with Crippen molar-refractivity contribution >= 4 is 12.0 Å². The average Bonchev–Trinajstić information content (AvgIpc) is 2.32. The van der Waals surface area contributed by atoms with Crippen LogP contribution in [0.3, 0.4) is 0 Å². The second-order valence-corrected chi connectivity index (χ2v) is 6.60. The highest BCUT2D eigenvalue weighted by Crippen LogP contribution is 2.06. The van der Waals surface area contributed by atoms with Gasteiger partial charge < -0.3 is 20.7 Å². The Morgan fingerprint density at radius 1 is 1.05 bits per heavy atom. The normalized spacial score (nSPS) is 12.9. The van der Waals surface area contributed by atoms with E-state index in [1.165, 1.54) is 0 Å². The Morgan fingerprint density at radius 2 is 1.67 bits per heavy atom. The summed E-state index contributed by atoms with van der Waals surface area (Å²) in [7, 11) is 0. The van der Waals surface area contributed by atoms with Crippen LogP contribution in [-0.2, 0) is 9.53 Å². The summed E-state index contributed by atoms with van der Waals surface area (Å²) in [5, 5.41) is 8.68. The van der Waals surface area contributed by atoms with Crippen LogP contribution in [0.2, 0.25) is 0 Å². The van der Waals surface area contributed by atoms with Gasteiger partial charge >= 0.3 is 6.09 Å². The molecule has 0 aliphatic heterocycles. The van der Waals surface area contributed by atoms with Crippen molar-refractivity contribution in [1.29, 1.82) is 0 Å². The Morgan fingerprint density at radius 3 is 2.19 bits per heavy atom. The summed E-state index contributed by atoms with van der Waals surface area (Å²) in [5.41, 5.74) is -0.481. The molecule has 21 heavy (non-hydrogen) atoms. The molecule has 0 aromatic heterocycles. The third-order valence-corrected chi connectivity index (χ3v) is 2.55. The van der Waals surface area contributed by atoms with E-state index in [0.717, 1.165) is 6.42 Å². The van der Waals surface area contributed by atoms with E-state index in [-0.39, 0.29) is 11.9 Å². The minimum atomic E-state index is -0.481. The van der Waals surface area contributed by atoms with Crippen LogP contribution in [0.5, 0.6) is 0 Å². The quantitative estimate of drug-likeness (QED) is 0.596. The van der Waals surface area contributed by atoms with E-state index in [9.17, 15) is 9.59 Å². The summed E-state index contributed by atoms with van der Waals surface area (Å²) in [4.78, 5) is 23.1. The van der Waals surface area contributed by atoms with E-state index in [0.29, 0.717) is 25.6 Å². The van der Waals surface area contributed by atoms with Gasteiger partial charge in [0.25, 0.3) is 0 Å². The van der Waals surface area contributed by atoms with Gasteiger partial charge in [0.15, 0.2) is 0 Å². The maximum Gasteiger partial charge on any atom is 0.407 e. The lowest BCUT2D eigenvalue weighted by Gasteiger charge is -2.19. The molecule has 2 amide bonds. The van der Waals surface area contributed by atoms with Crippen molar-refractivity contribution in [1.82, 2.24) is 16.0 Å². The summed E-state index contributed by atoms with van der Waals surface area (Å²) in [6.45, 7) is 13.3. The highest BCUT2D eigenvalue weighted by molar-refractivity contribution is 5.81. The summed E-state index contributed by atoms with van der Waals surface area (Å²) in [6.07, 6.45) is 0.325. The van der Waals surface area contributed by atoms with E-state index in [1.54, 1.807) is 0 Å². The molecule has 0 saturated carbocycles. The van der Waals surface area contributed by atoms with Gasteiger partial charge in [-0.1, -0.05) is 13.8 Å². The SMILES string of the molecule is CC(C)CNC(=O)C(C)NCCCNC(=O)OC(C)(C)C. The Labute approximate surface area is 128 Å². The van der Waals surface area contributed by atoms with Crippen LogP contribution < -0.4 is 16.0 Å². The maximum absolute atomic E-state index is 11.7. The third kappa shape index (κ3) is 12.2. The van der Waals surface area contributed by atoms with Crippen molar-refractivity contribution in [3.8, 4) is 0 Å². The number of hydrogen-bond donors (Lipinski definition) is 3. The Balaban J connectivity index is 3.66. The van der Waals surface area contributed by atoms with Gasteiger partial charge in [0.1, 0.15) is 5.60 Å². The molecule has 3 N–H and O–H groups in total. The first-order valence-corrected chi connectivity index (χ1v) is 7.59. The van der Waals surface area contributed by atoms with Crippen molar-refractivity contribution in [2.75, 3.05) is 19.6 Å². The highest BCUT2D eigenvalue weighted by Gasteiger charge is 2.15. The van der Waals surface area contributed by atoms with Gasteiger partial charge in [-0.25, -0.2) is 4.79 Å². The number of amides is 2. The molecule has 0 saturated heterocycles. The number of nitrogens with one attached hydrogen (secondary N) is 3. The standard InChI is InChI=1S/C15H31N3O3/c1-11(2)10-18-13(19)12(3)16-8-7-9-17-14(20)21-15(4,5)6/h11-12,16H,7-10H2,1-6H3,(H,17,20)(H,18,19). The molecule has 0 heterocycles. The number of carbonyl (C=O) groups is 2. The molecule has 1 unspecified atom stereocenters. The van der Waals surface area contributed by atoms with E-state index >= 15 is 0 Å². The molecule has 0 aliphatic carbocycles. The van der Waals surface area contributed by atoms with Crippen molar-refractivity contribution in [2.24, 2.45) is 5.92 Å². The van der Waals surface area contributed by atoms with Crippen LogP contribution in [0, 0.1) is 5.92 Å². The molecule has 6 heteroatoms. The molecular weight excluding hydrogens is 270 g/mol. The lowest BCUT2D eigenvalue weighted by Crippen LogP contribution is -2.44. The van der Waals surface area contributed by atoms with Gasteiger partial charge in [-0.15, -0.1) is 0 Å². The molecule has 124 valence electrons. The fourth-order valence-electron chi connectivity index (χ4n) is 1.46. The van der Waals surface area contributed by atoms with Gasteiger partial charge in [-0.3, -0.25) is 4.79 Å². The monoisotopic (exact) mass is 301 g/mol. The van der Waals surface area contributed by atoms with E-state index in [2.05, 4.69) is 29.8 Å². The molecule has 0 aromatic carbocycles. The van der Waals surface area contributed by atoms with Gasteiger partial charge in [0.05, 0.1) is 6.04 Å². The summed E-state index contributed by atoms with van der Waals surface area (Å²) < 4.78 is 5.12. The molecule has 0 bridgehead atoms.